The van der Waals surface area contributed by atoms with Crippen LogP contribution in [0.1, 0.15) is 21.5 Å². The number of anilines is 2. The van der Waals surface area contributed by atoms with E-state index in [1.165, 1.54) is 24.3 Å². The molecule has 0 aliphatic rings. The van der Waals surface area contributed by atoms with Crippen LogP contribution in [0.2, 0.25) is 5.02 Å². The van der Waals surface area contributed by atoms with Gasteiger partial charge in [-0.3, -0.25) is 9.59 Å². The first-order valence-corrected chi connectivity index (χ1v) is 9.87. The summed E-state index contributed by atoms with van der Waals surface area (Å²) in [6.07, 6.45) is -4.81. The average molecular weight is 481 g/mol. The summed E-state index contributed by atoms with van der Waals surface area (Å²) in [7, 11) is 0. The van der Waals surface area contributed by atoms with Crippen molar-refractivity contribution >= 4 is 34.8 Å². The fraction of sp³-hybridized carbons (Fsp3) is 0.130. The zero-order valence-electron chi connectivity index (χ0n) is 17.1. The van der Waals surface area contributed by atoms with Gasteiger partial charge >= 0.3 is 6.18 Å². The Morgan fingerprint density at radius 1 is 0.970 bits per heavy atom. The van der Waals surface area contributed by atoms with Crippen LogP contribution < -0.4 is 15.4 Å². The Bertz CT molecular complexity index is 1180. The molecule has 5 nitrogen and oxygen atoms in total. The van der Waals surface area contributed by atoms with Gasteiger partial charge in [-0.15, -0.1) is 0 Å². The van der Waals surface area contributed by atoms with E-state index in [1.807, 2.05) is 0 Å². The lowest BCUT2D eigenvalue weighted by Crippen LogP contribution is -2.22. The molecular formula is C23H17ClF4N2O3. The van der Waals surface area contributed by atoms with Crippen LogP contribution in [0.4, 0.5) is 28.9 Å². The van der Waals surface area contributed by atoms with Crippen molar-refractivity contribution in [3.63, 3.8) is 0 Å². The van der Waals surface area contributed by atoms with E-state index in [-0.39, 0.29) is 11.3 Å². The quantitative estimate of drug-likeness (QED) is 0.420. The van der Waals surface area contributed by atoms with Crippen LogP contribution >= 0.6 is 11.6 Å². The van der Waals surface area contributed by atoms with Gasteiger partial charge in [0.1, 0.15) is 11.6 Å². The zero-order chi connectivity index (χ0) is 24.2. The van der Waals surface area contributed by atoms with Crippen LogP contribution in [0, 0.1) is 12.7 Å². The number of ether oxygens (including phenoxy) is 1. The van der Waals surface area contributed by atoms with Crippen molar-refractivity contribution in [3.8, 4) is 5.75 Å². The summed E-state index contributed by atoms with van der Waals surface area (Å²) in [5.41, 5.74) is -1.02. The molecule has 0 saturated heterocycles. The van der Waals surface area contributed by atoms with E-state index in [0.717, 1.165) is 18.2 Å². The van der Waals surface area contributed by atoms with E-state index in [0.29, 0.717) is 22.4 Å². The predicted molar refractivity (Wildman–Crippen MR) is 116 cm³/mol. The lowest BCUT2D eigenvalue weighted by atomic mass is 10.1. The minimum atomic E-state index is -4.81. The molecule has 3 aromatic rings. The molecule has 0 fully saturated rings. The molecule has 172 valence electrons. The van der Waals surface area contributed by atoms with E-state index in [9.17, 15) is 27.2 Å². The highest BCUT2D eigenvalue weighted by Gasteiger charge is 2.34. The molecule has 0 aromatic heterocycles. The van der Waals surface area contributed by atoms with E-state index in [4.69, 9.17) is 16.3 Å². The first kappa shape index (κ1) is 24.1. The van der Waals surface area contributed by atoms with Gasteiger partial charge in [0.05, 0.1) is 11.3 Å². The number of hydrogen-bond acceptors (Lipinski definition) is 3. The molecule has 0 saturated carbocycles. The molecule has 10 heteroatoms. The fourth-order valence-corrected chi connectivity index (χ4v) is 2.93. The molecule has 3 aromatic carbocycles. The second-order valence-corrected chi connectivity index (χ2v) is 7.37. The number of hydrogen-bond donors (Lipinski definition) is 2. The topological polar surface area (TPSA) is 67.4 Å². The Hall–Kier alpha value is -3.59. The van der Waals surface area contributed by atoms with Crippen molar-refractivity contribution < 1.29 is 31.9 Å². The third kappa shape index (κ3) is 6.45. The Labute approximate surface area is 191 Å². The minimum Gasteiger partial charge on any atom is -0.484 e. The summed E-state index contributed by atoms with van der Waals surface area (Å²) < 4.78 is 59.0. The van der Waals surface area contributed by atoms with Gasteiger partial charge in [0.25, 0.3) is 11.8 Å². The monoisotopic (exact) mass is 480 g/mol. The number of rotatable bonds is 6. The molecule has 0 aliphatic carbocycles. The Morgan fingerprint density at radius 2 is 1.67 bits per heavy atom. The highest BCUT2D eigenvalue weighted by Crippen LogP contribution is 2.36. The molecule has 2 N–H and O–H groups in total. The van der Waals surface area contributed by atoms with Crippen LogP contribution in [-0.4, -0.2) is 18.4 Å². The van der Waals surface area contributed by atoms with Crippen LogP contribution in [0.25, 0.3) is 0 Å². The molecule has 0 spiro atoms. The third-order valence-electron chi connectivity index (χ3n) is 4.46. The van der Waals surface area contributed by atoms with Crippen molar-refractivity contribution in [3.05, 3.63) is 88.2 Å². The van der Waals surface area contributed by atoms with Crippen LogP contribution in [0.5, 0.6) is 5.75 Å². The first-order valence-electron chi connectivity index (χ1n) is 9.50. The predicted octanol–water partition coefficient (Wildman–Crippen LogP) is 6.08. The number of nitrogens with one attached hydrogen (secondary N) is 2. The molecule has 0 heterocycles. The van der Waals surface area contributed by atoms with Crippen molar-refractivity contribution in [2.45, 2.75) is 13.1 Å². The van der Waals surface area contributed by atoms with Gasteiger partial charge in [0.15, 0.2) is 6.61 Å². The highest BCUT2D eigenvalue weighted by molar-refractivity contribution is 6.31. The molecular weight excluding hydrogens is 464 g/mol. The summed E-state index contributed by atoms with van der Waals surface area (Å²) in [5.74, 6) is -1.74. The largest absolute Gasteiger partial charge is 0.484 e. The van der Waals surface area contributed by atoms with Crippen LogP contribution in [0.3, 0.4) is 0 Å². The van der Waals surface area contributed by atoms with E-state index >= 15 is 0 Å². The average Bonchev–Trinajstić information content (AvgIpc) is 2.75. The van der Waals surface area contributed by atoms with Gasteiger partial charge in [-0.1, -0.05) is 11.6 Å². The highest BCUT2D eigenvalue weighted by atomic mass is 35.5. The Balaban J connectivity index is 1.72. The number of aryl methyl sites for hydroxylation is 1. The van der Waals surface area contributed by atoms with E-state index in [2.05, 4.69) is 10.6 Å². The zero-order valence-corrected chi connectivity index (χ0v) is 17.9. The van der Waals surface area contributed by atoms with Crippen molar-refractivity contribution in [2.75, 3.05) is 17.2 Å². The Morgan fingerprint density at radius 3 is 2.30 bits per heavy atom. The molecule has 3 rings (SSSR count). The van der Waals surface area contributed by atoms with Crippen molar-refractivity contribution in [1.29, 1.82) is 0 Å². The molecule has 2 amide bonds. The summed E-state index contributed by atoms with van der Waals surface area (Å²) in [6, 6.07) is 12.1. The maximum Gasteiger partial charge on any atom is 0.418 e. The number of amides is 2. The lowest BCUT2D eigenvalue weighted by Gasteiger charge is -2.16. The van der Waals surface area contributed by atoms with Gasteiger partial charge < -0.3 is 15.4 Å². The molecule has 0 bridgehead atoms. The minimum absolute atomic E-state index is 0.0666. The Kier molecular flexibility index (Phi) is 7.23. The smallest absolute Gasteiger partial charge is 0.418 e. The van der Waals surface area contributed by atoms with Crippen molar-refractivity contribution in [1.82, 2.24) is 0 Å². The van der Waals surface area contributed by atoms with Gasteiger partial charge in [-0.2, -0.15) is 13.2 Å². The van der Waals surface area contributed by atoms with Crippen LogP contribution in [0.15, 0.2) is 60.7 Å². The SMILES string of the molecule is Cc1cc(OCC(=O)Nc2ccc(NC(=O)c3ccc(F)cc3)cc2C(F)(F)F)ccc1Cl. The molecule has 33 heavy (non-hydrogen) atoms. The molecule has 0 unspecified atom stereocenters. The standard InChI is InChI=1S/C23H17ClF4N2O3/c1-13-10-17(7-8-19(13)24)33-12-21(31)30-20-9-6-16(11-18(20)23(26,27)28)29-22(32)14-2-4-15(25)5-3-14/h2-11H,12H2,1H3,(H,29,32)(H,30,31). The summed E-state index contributed by atoms with van der Waals surface area (Å²) in [4.78, 5) is 24.4. The third-order valence-corrected chi connectivity index (χ3v) is 4.89. The van der Waals surface area contributed by atoms with Gasteiger partial charge in [-0.25, -0.2) is 4.39 Å². The number of benzene rings is 3. The maximum absolute atomic E-state index is 13.6. The molecule has 0 radical (unpaired) electrons. The van der Waals surface area contributed by atoms with Gasteiger partial charge in [-0.05, 0) is 73.2 Å². The number of halogens is 5. The van der Waals surface area contributed by atoms with Crippen molar-refractivity contribution in [2.24, 2.45) is 0 Å². The second-order valence-electron chi connectivity index (χ2n) is 6.97. The number of carbonyl (C=O) groups is 2. The first-order chi connectivity index (χ1) is 15.5. The fourth-order valence-electron chi connectivity index (χ4n) is 2.81. The van der Waals surface area contributed by atoms with Gasteiger partial charge in [0, 0.05) is 16.3 Å². The summed E-state index contributed by atoms with van der Waals surface area (Å²) in [6.45, 7) is 1.21. The number of alkyl halides is 3. The second kappa shape index (κ2) is 9.91. The molecule has 0 atom stereocenters. The summed E-state index contributed by atoms with van der Waals surface area (Å²) in [5, 5.41) is 4.99. The normalized spacial score (nSPS) is 11.1. The number of carbonyl (C=O) groups excluding carboxylic acids is 2. The van der Waals surface area contributed by atoms with Gasteiger partial charge in [0.2, 0.25) is 0 Å². The van der Waals surface area contributed by atoms with E-state index in [1.54, 1.807) is 19.1 Å². The summed E-state index contributed by atoms with van der Waals surface area (Å²) >= 11 is 5.91. The molecule has 0 aliphatic heterocycles. The lowest BCUT2D eigenvalue weighted by molar-refractivity contribution is -0.137. The van der Waals surface area contributed by atoms with E-state index < -0.39 is 41.7 Å². The van der Waals surface area contributed by atoms with Crippen LogP contribution in [-0.2, 0) is 11.0 Å². The maximum atomic E-state index is 13.6.